The van der Waals surface area contributed by atoms with Gasteiger partial charge in [-0.1, -0.05) is 90.4 Å². The van der Waals surface area contributed by atoms with E-state index in [9.17, 15) is 14.8 Å². The number of carbonyl (C=O) groups excluding carboxylic acids is 2. The molecule has 0 unspecified atom stereocenters. The zero-order valence-electron chi connectivity index (χ0n) is 16.0. The molecule has 0 rings (SSSR count). The molecule has 3 N–H and O–H groups in total. The molecule has 0 aliphatic rings. The lowest BCUT2D eigenvalue weighted by atomic mass is 10.0. The van der Waals surface area contributed by atoms with Crippen LogP contribution in [-0.2, 0) is 9.59 Å². The molecule has 25 heavy (non-hydrogen) atoms. The van der Waals surface area contributed by atoms with Crippen molar-refractivity contribution in [3.05, 3.63) is 0 Å². The fraction of sp³-hybridized carbons (Fsp3) is 0.895. The zero-order valence-corrected chi connectivity index (χ0v) is 16.0. The summed E-state index contributed by atoms with van der Waals surface area (Å²) in [7, 11) is 0. The van der Waals surface area contributed by atoms with Gasteiger partial charge in [-0.05, 0) is 6.42 Å². The summed E-state index contributed by atoms with van der Waals surface area (Å²) >= 11 is 0. The van der Waals surface area contributed by atoms with Crippen LogP contribution in [0.5, 0.6) is 0 Å². The van der Waals surface area contributed by atoms with Crippen LogP contribution < -0.4 is 5.48 Å². The van der Waals surface area contributed by atoms with E-state index in [0.717, 1.165) is 19.3 Å². The quantitative estimate of drug-likeness (QED) is 0.154. The van der Waals surface area contributed by atoms with Crippen LogP contribution in [0.3, 0.4) is 0 Å². The monoisotopic (exact) mass is 358 g/mol. The van der Waals surface area contributed by atoms with Gasteiger partial charge in [0.15, 0.2) is 0 Å². The van der Waals surface area contributed by atoms with Crippen LogP contribution in [0.4, 0.5) is 0 Å². The Hall–Kier alpha value is -1.14. The van der Waals surface area contributed by atoms with Gasteiger partial charge in [0.05, 0.1) is 0 Å². The minimum atomic E-state index is -0.815. The van der Waals surface area contributed by atoms with Crippen molar-refractivity contribution in [1.29, 1.82) is 0 Å². The Bertz CT molecular complexity index is 337. The first-order valence-electron chi connectivity index (χ1n) is 10.0. The molecule has 148 valence electrons. The van der Waals surface area contributed by atoms with Gasteiger partial charge in [0, 0.05) is 6.54 Å². The minimum absolute atomic E-state index is 0.232. The Labute approximate surface area is 152 Å². The molecule has 0 radical (unpaired) electrons. The summed E-state index contributed by atoms with van der Waals surface area (Å²) in [5.41, 5.74) is 1.37. The molecule has 0 fully saturated rings. The van der Waals surface area contributed by atoms with Gasteiger partial charge in [0.25, 0.3) is 11.8 Å². The molecule has 0 saturated carbocycles. The maximum atomic E-state index is 11.4. The third kappa shape index (κ3) is 16.1. The van der Waals surface area contributed by atoms with Crippen LogP contribution in [-0.4, -0.2) is 33.8 Å². The standard InChI is InChI=1S/C19H38N2O4/c1-2-3-4-5-6-7-8-9-10-11-12-13-14-15-16-21(25)19(23)17-18(22)20-24/h24-25H,2-17H2,1H3,(H,20,22). The van der Waals surface area contributed by atoms with Gasteiger partial charge >= 0.3 is 0 Å². The van der Waals surface area contributed by atoms with E-state index in [1.165, 1.54) is 76.1 Å². The second-order valence-corrected chi connectivity index (χ2v) is 6.82. The van der Waals surface area contributed by atoms with Gasteiger partial charge in [0.2, 0.25) is 0 Å². The summed E-state index contributed by atoms with van der Waals surface area (Å²) in [6.07, 6.45) is 16.9. The average Bonchev–Trinajstić information content (AvgIpc) is 2.61. The van der Waals surface area contributed by atoms with Crippen molar-refractivity contribution >= 4 is 11.8 Å². The van der Waals surface area contributed by atoms with Crippen LogP contribution in [0.15, 0.2) is 0 Å². The second-order valence-electron chi connectivity index (χ2n) is 6.82. The summed E-state index contributed by atoms with van der Waals surface area (Å²) in [5.74, 6) is -1.51. The maximum Gasteiger partial charge on any atom is 0.255 e. The lowest BCUT2D eigenvalue weighted by Gasteiger charge is -2.14. The number of hydrogen-bond donors (Lipinski definition) is 3. The predicted molar refractivity (Wildman–Crippen MR) is 98.4 cm³/mol. The Balaban J connectivity index is 3.28. The highest BCUT2D eigenvalue weighted by molar-refractivity contribution is 5.95. The topological polar surface area (TPSA) is 89.9 Å². The lowest BCUT2D eigenvalue weighted by molar-refractivity contribution is -0.167. The number of hydrogen-bond acceptors (Lipinski definition) is 4. The van der Waals surface area contributed by atoms with Crippen LogP contribution in [0, 0.1) is 0 Å². The van der Waals surface area contributed by atoms with E-state index in [-0.39, 0.29) is 6.54 Å². The van der Waals surface area contributed by atoms with E-state index in [0.29, 0.717) is 5.06 Å². The summed E-state index contributed by atoms with van der Waals surface area (Å²) in [6.45, 7) is 2.48. The Morgan fingerprint density at radius 3 is 1.56 bits per heavy atom. The number of hydroxylamine groups is 3. The van der Waals surface area contributed by atoms with Gasteiger partial charge in [-0.25, -0.2) is 10.5 Å². The number of rotatable bonds is 17. The molecule has 0 saturated heterocycles. The zero-order chi connectivity index (χ0) is 18.8. The van der Waals surface area contributed by atoms with E-state index < -0.39 is 18.2 Å². The molecule has 0 spiro atoms. The Morgan fingerprint density at radius 1 is 0.760 bits per heavy atom. The van der Waals surface area contributed by atoms with Crippen LogP contribution >= 0.6 is 0 Å². The van der Waals surface area contributed by atoms with Crippen molar-refractivity contribution in [3.63, 3.8) is 0 Å². The van der Waals surface area contributed by atoms with Crippen LogP contribution in [0.1, 0.15) is 103 Å². The second kappa shape index (κ2) is 17.7. The Kier molecular flexibility index (Phi) is 16.9. The molecule has 0 aromatic carbocycles. The fourth-order valence-corrected chi connectivity index (χ4v) is 2.85. The molecule has 0 heterocycles. The van der Waals surface area contributed by atoms with Gasteiger partial charge in [0.1, 0.15) is 6.42 Å². The summed E-state index contributed by atoms with van der Waals surface area (Å²) in [6, 6.07) is 0. The fourth-order valence-electron chi connectivity index (χ4n) is 2.85. The molecule has 0 aliphatic carbocycles. The smallest absolute Gasteiger partial charge is 0.255 e. The molecule has 0 bridgehead atoms. The largest absolute Gasteiger partial charge is 0.289 e. The summed E-state index contributed by atoms with van der Waals surface area (Å²) in [5, 5.41) is 18.4. The molecule has 6 heteroatoms. The van der Waals surface area contributed by atoms with E-state index in [1.54, 1.807) is 0 Å². The highest BCUT2D eigenvalue weighted by Gasteiger charge is 2.14. The van der Waals surface area contributed by atoms with Crippen LogP contribution in [0.25, 0.3) is 0 Å². The van der Waals surface area contributed by atoms with Crippen molar-refractivity contribution in [2.45, 2.75) is 103 Å². The van der Waals surface area contributed by atoms with Crippen LogP contribution in [0.2, 0.25) is 0 Å². The van der Waals surface area contributed by atoms with Crippen molar-refractivity contribution < 1.29 is 20.0 Å². The van der Waals surface area contributed by atoms with Crippen molar-refractivity contribution in [1.82, 2.24) is 10.5 Å². The maximum absolute atomic E-state index is 11.4. The molecule has 0 atom stereocenters. The van der Waals surface area contributed by atoms with Crippen molar-refractivity contribution in [2.75, 3.05) is 6.54 Å². The molecular weight excluding hydrogens is 320 g/mol. The molecule has 6 nitrogen and oxygen atoms in total. The van der Waals surface area contributed by atoms with Gasteiger partial charge in [-0.2, -0.15) is 0 Å². The summed E-state index contributed by atoms with van der Waals surface area (Å²) < 4.78 is 0. The summed E-state index contributed by atoms with van der Waals surface area (Å²) in [4.78, 5) is 22.2. The third-order valence-corrected chi connectivity index (χ3v) is 4.45. The molecule has 2 amide bonds. The first-order chi connectivity index (χ1) is 12.1. The SMILES string of the molecule is CCCCCCCCCCCCCCCCN(O)C(=O)CC(=O)NO. The first kappa shape index (κ1) is 23.9. The average molecular weight is 359 g/mol. The van der Waals surface area contributed by atoms with E-state index in [2.05, 4.69) is 6.92 Å². The molecule has 0 aliphatic heterocycles. The molecule has 0 aromatic rings. The van der Waals surface area contributed by atoms with Gasteiger partial charge < -0.3 is 0 Å². The Morgan fingerprint density at radius 2 is 1.16 bits per heavy atom. The number of amides is 2. The van der Waals surface area contributed by atoms with Gasteiger partial charge in [-0.3, -0.25) is 20.0 Å². The molecular formula is C19H38N2O4. The van der Waals surface area contributed by atoms with E-state index >= 15 is 0 Å². The highest BCUT2D eigenvalue weighted by Crippen LogP contribution is 2.13. The normalized spacial score (nSPS) is 10.7. The number of carbonyl (C=O) groups is 2. The number of unbranched alkanes of at least 4 members (excludes halogenated alkanes) is 13. The minimum Gasteiger partial charge on any atom is -0.289 e. The van der Waals surface area contributed by atoms with Crippen molar-refractivity contribution in [2.24, 2.45) is 0 Å². The predicted octanol–water partition coefficient (Wildman–Crippen LogP) is 4.58. The van der Waals surface area contributed by atoms with Crippen molar-refractivity contribution in [3.8, 4) is 0 Å². The highest BCUT2D eigenvalue weighted by atomic mass is 16.5. The lowest BCUT2D eigenvalue weighted by Crippen LogP contribution is -2.33. The third-order valence-electron chi connectivity index (χ3n) is 4.45. The first-order valence-corrected chi connectivity index (χ1v) is 10.0. The number of nitrogens with zero attached hydrogens (tertiary/aromatic N) is 1. The van der Waals surface area contributed by atoms with Gasteiger partial charge in [-0.15, -0.1) is 0 Å². The van der Waals surface area contributed by atoms with E-state index in [1.807, 2.05) is 0 Å². The molecule has 0 aromatic heterocycles. The number of nitrogens with one attached hydrogen (secondary N) is 1. The van der Waals surface area contributed by atoms with E-state index in [4.69, 9.17) is 5.21 Å².